The van der Waals surface area contributed by atoms with Crippen LogP contribution in [-0.4, -0.2) is 64.6 Å². The molecule has 0 spiro atoms. The molecule has 1 fully saturated rings. The third-order valence-electron chi connectivity index (χ3n) is 4.94. The van der Waals surface area contributed by atoms with Gasteiger partial charge < -0.3 is 14.5 Å². The largest absolute Gasteiger partial charge is 0.493 e. The zero-order valence-corrected chi connectivity index (χ0v) is 15.7. The van der Waals surface area contributed by atoms with Gasteiger partial charge in [-0.1, -0.05) is 30.3 Å². The number of H-pyrrole nitrogens is 1. The van der Waals surface area contributed by atoms with Gasteiger partial charge in [0.2, 0.25) is 0 Å². The predicted molar refractivity (Wildman–Crippen MR) is 106 cm³/mol. The molecule has 0 aliphatic carbocycles. The Bertz CT molecular complexity index is 1010. The smallest absolute Gasteiger partial charge is 0.275 e. The summed E-state index contributed by atoms with van der Waals surface area (Å²) >= 11 is 0. The van der Waals surface area contributed by atoms with Gasteiger partial charge in [-0.2, -0.15) is 5.10 Å². The fraction of sp³-hybridized carbons (Fsp3) is 0.286. The molecule has 4 rings (SSSR count). The van der Waals surface area contributed by atoms with Crippen LogP contribution in [0.5, 0.6) is 5.75 Å². The summed E-state index contributed by atoms with van der Waals surface area (Å²) in [7, 11) is 0. The lowest BCUT2D eigenvalue weighted by atomic mass is 10.1. The highest BCUT2D eigenvalue weighted by Crippen LogP contribution is 2.22. The first-order chi connectivity index (χ1) is 13.7. The van der Waals surface area contributed by atoms with Crippen molar-refractivity contribution in [2.24, 2.45) is 0 Å². The number of ether oxygens (including phenoxy) is 1. The van der Waals surface area contributed by atoms with Crippen molar-refractivity contribution in [1.82, 2.24) is 20.0 Å². The molecule has 1 aromatic heterocycles. The number of hydrogen-bond donors (Lipinski definition) is 1. The number of aromatic nitrogens is 2. The van der Waals surface area contributed by atoms with Gasteiger partial charge >= 0.3 is 0 Å². The summed E-state index contributed by atoms with van der Waals surface area (Å²) < 4.78 is 5.57. The summed E-state index contributed by atoms with van der Waals surface area (Å²) in [6, 6.07) is 14.8. The molecule has 2 aromatic carbocycles. The van der Waals surface area contributed by atoms with E-state index >= 15 is 0 Å². The normalized spacial score (nSPS) is 14.3. The molecule has 28 heavy (non-hydrogen) atoms. The molecule has 0 radical (unpaired) electrons. The van der Waals surface area contributed by atoms with Crippen molar-refractivity contribution in [3.05, 3.63) is 59.8 Å². The molecule has 1 saturated heterocycles. The molecule has 3 aromatic rings. The van der Waals surface area contributed by atoms with E-state index in [4.69, 9.17) is 4.74 Å². The highest BCUT2D eigenvalue weighted by atomic mass is 16.5. The van der Waals surface area contributed by atoms with Gasteiger partial charge in [0.1, 0.15) is 5.75 Å². The molecule has 1 aliphatic heterocycles. The van der Waals surface area contributed by atoms with E-state index in [1.165, 1.54) is 0 Å². The fourth-order valence-corrected chi connectivity index (χ4v) is 3.48. The van der Waals surface area contributed by atoms with Gasteiger partial charge in [0.25, 0.3) is 11.8 Å². The van der Waals surface area contributed by atoms with E-state index in [0.717, 1.165) is 10.9 Å². The molecule has 7 nitrogen and oxygen atoms in total. The first-order valence-corrected chi connectivity index (χ1v) is 9.42. The molecule has 2 heterocycles. The first-order valence-electron chi connectivity index (χ1n) is 9.42. The maximum atomic E-state index is 12.9. The minimum atomic E-state index is -0.112. The Balaban J connectivity index is 1.45. The summed E-state index contributed by atoms with van der Waals surface area (Å²) in [6.45, 7) is 4.31. The number of amides is 2. The van der Waals surface area contributed by atoms with Crippen LogP contribution >= 0.6 is 0 Å². The Kier molecular flexibility index (Phi) is 4.97. The number of piperazine rings is 1. The Hall–Kier alpha value is -3.35. The summed E-state index contributed by atoms with van der Waals surface area (Å²) in [4.78, 5) is 29.3. The average molecular weight is 378 g/mol. The monoisotopic (exact) mass is 378 g/mol. The lowest BCUT2D eigenvalue weighted by Gasteiger charge is -2.34. The molecule has 7 heteroatoms. The molecule has 0 atom stereocenters. The molecule has 0 saturated carbocycles. The zero-order valence-electron chi connectivity index (χ0n) is 15.7. The van der Waals surface area contributed by atoms with Crippen LogP contribution in [0.1, 0.15) is 27.8 Å². The van der Waals surface area contributed by atoms with E-state index in [2.05, 4.69) is 10.2 Å². The lowest BCUT2D eigenvalue weighted by Crippen LogP contribution is -2.50. The van der Waals surface area contributed by atoms with Gasteiger partial charge in [0.05, 0.1) is 17.7 Å². The maximum Gasteiger partial charge on any atom is 0.275 e. The molecule has 0 bridgehead atoms. The minimum absolute atomic E-state index is 0.0682. The maximum absolute atomic E-state index is 12.9. The van der Waals surface area contributed by atoms with Crippen LogP contribution in [0.25, 0.3) is 10.9 Å². The quantitative estimate of drug-likeness (QED) is 0.757. The number of hydrogen-bond acceptors (Lipinski definition) is 4. The van der Waals surface area contributed by atoms with E-state index in [9.17, 15) is 9.59 Å². The number of rotatable bonds is 4. The number of carbonyl (C=O) groups excluding carboxylic acids is 2. The molecule has 0 unspecified atom stereocenters. The van der Waals surface area contributed by atoms with Crippen LogP contribution in [0.15, 0.2) is 48.5 Å². The van der Waals surface area contributed by atoms with Crippen molar-refractivity contribution in [3.63, 3.8) is 0 Å². The summed E-state index contributed by atoms with van der Waals surface area (Å²) in [5, 5.41) is 7.91. The van der Waals surface area contributed by atoms with E-state index in [1.54, 1.807) is 21.9 Å². The van der Waals surface area contributed by atoms with Crippen LogP contribution in [0.4, 0.5) is 0 Å². The summed E-state index contributed by atoms with van der Waals surface area (Å²) in [6.07, 6.45) is 0. The number of carbonyl (C=O) groups is 2. The molecule has 144 valence electrons. The van der Waals surface area contributed by atoms with Crippen LogP contribution in [0, 0.1) is 0 Å². The summed E-state index contributed by atoms with van der Waals surface area (Å²) in [5.41, 5.74) is 1.83. The van der Waals surface area contributed by atoms with Crippen molar-refractivity contribution >= 4 is 22.7 Å². The summed E-state index contributed by atoms with van der Waals surface area (Å²) in [5.74, 6) is 0.414. The molecular weight excluding hydrogens is 356 g/mol. The van der Waals surface area contributed by atoms with E-state index in [-0.39, 0.29) is 11.8 Å². The van der Waals surface area contributed by atoms with Crippen molar-refractivity contribution in [2.45, 2.75) is 6.92 Å². The first kappa shape index (κ1) is 18.0. The van der Waals surface area contributed by atoms with Crippen molar-refractivity contribution in [3.8, 4) is 5.75 Å². The lowest BCUT2D eigenvalue weighted by molar-refractivity contribution is 0.0531. The van der Waals surface area contributed by atoms with Crippen LogP contribution in [-0.2, 0) is 0 Å². The number of aromatic amines is 1. The molecule has 1 aliphatic rings. The zero-order chi connectivity index (χ0) is 19.5. The van der Waals surface area contributed by atoms with Crippen molar-refractivity contribution < 1.29 is 14.3 Å². The van der Waals surface area contributed by atoms with Crippen molar-refractivity contribution in [1.29, 1.82) is 0 Å². The average Bonchev–Trinajstić information content (AvgIpc) is 3.18. The Morgan fingerprint density at radius 2 is 1.61 bits per heavy atom. The Morgan fingerprint density at radius 3 is 2.36 bits per heavy atom. The molecular formula is C21H22N4O3. The third kappa shape index (κ3) is 3.31. The number of para-hydroxylation sites is 2. The van der Waals surface area contributed by atoms with E-state index in [0.29, 0.717) is 49.8 Å². The molecule has 1 N–H and O–H groups in total. The Morgan fingerprint density at radius 1 is 0.964 bits per heavy atom. The minimum Gasteiger partial charge on any atom is -0.493 e. The van der Waals surface area contributed by atoms with Gasteiger partial charge in [0, 0.05) is 31.6 Å². The van der Waals surface area contributed by atoms with Gasteiger partial charge in [-0.05, 0) is 25.1 Å². The Labute approximate surface area is 162 Å². The SMILES string of the molecule is CCOc1ccccc1C(=O)N1CCN(C(=O)c2n[nH]c3ccccc23)CC1. The standard InChI is InChI=1S/C21H22N4O3/c1-2-28-18-10-6-4-8-16(18)20(26)24-11-13-25(14-12-24)21(27)19-15-7-3-5-9-17(15)22-23-19/h3-10H,2,11-14H2,1H3,(H,22,23). The van der Waals surface area contributed by atoms with Crippen LogP contribution in [0.2, 0.25) is 0 Å². The second kappa shape index (κ2) is 7.72. The van der Waals surface area contributed by atoms with Gasteiger partial charge in [-0.3, -0.25) is 14.7 Å². The topological polar surface area (TPSA) is 78.5 Å². The fourth-order valence-electron chi connectivity index (χ4n) is 3.48. The second-order valence-corrected chi connectivity index (χ2v) is 6.63. The van der Waals surface area contributed by atoms with Gasteiger partial charge in [-0.15, -0.1) is 0 Å². The number of nitrogens with one attached hydrogen (secondary N) is 1. The van der Waals surface area contributed by atoms with E-state index in [1.807, 2.05) is 43.3 Å². The highest BCUT2D eigenvalue weighted by Gasteiger charge is 2.28. The predicted octanol–water partition coefficient (Wildman–Crippen LogP) is 2.56. The van der Waals surface area contributed by atoms with Crippen LogP contribution in [0.3, 0.4) is 0 Å². The highest BCUT2D eigenvalue weighted by molar-refractivity contribution is 6.04. The van der Waals surface area contributed by atoms with Gasteiger partial charge in [-0.25, -0.2) is 0 Å². The van der Waals surface area contributed by atoms with E-state index < -0.39 is 0 Å². The second-order valence-electron chi connectivity index (χ2n) is 6.63. The number of fused-ring (bicyclic) bond motifs is 1. The third-order valence-corrected chi connectivity index (χ3v) is 4.94. The number of nitrogens with zero attached hydrogens (tertiary/aromatic N) is 3. The molecule has 2 amide bonds. The van der Waals surface area contributed by atoms with Gasteiger partial charge in [0.15, 0.2) is 5.69 Å². The van der Waals surface area contributed by atoms with Crippen molar-refractivity contribution in [2.75, 3.05) is 32.8 Å². The van der Waals surface area contributed by atoms with Crippen LogP contribution < -0.4 is 4.74 Å². The number of benzene rings is 2.